The second kappa shape index (κ2) is 5.17. The van der Waals surface area contributed by atoms with Crippen LogP contribution in [0.15, 0.2) is 18.2 Å². The molecule has 0 aliphatic heterocycles. The second-order valence-electron chi connectivity index (χ2n) is 4.92. The summed E-state index contributed by atoms with van der Waals surface area (Å²) in [6.45, 7) is 6.73. The highest BCUT2D eigenvalue weighted by Gasteiger charge is 2.20. The Morgan fingerprint density at radius 3 is 2.56 bits per heavy atom. The summed E-state index contributed by atoms with van der Waals surface area (Å²) in [4.78, 5) is 13.0. The summed E-state index contributed by atoms with van der Waals surface area (Å²) < 4.78 is 1.22. The number of rotatable bonds is 4. The van der Waals surface area contributed by atoms with Crippen LogP contribution in [0, 0.1) is 15.9 Å². The molecule has 1 rings (SSSR count). The van der Waals surface area contributed by atoms with Gasteiger partial charge < -0.3 is 9.69 Å². The Hall–Kier alpha value is -0.580. The topological polar surface area (TPSA) is 20.3 Å². The number of hydrogen-bond donors (Lipinski definition) is 0. The molecule has 0 heterocycles. The van der Waals surface area contributed by atoms with E-state index in [0.29, 0.717) is 0 Å². The number of anilines is 1. The van der Waals surface area contributed by atoms with E-state index >= 15 is 0 Å². The van der Waals surface area contributed by atoms with Crippen LogP contribution < -0.4 is 4.90 Å². The molecule has 0 saturated carbocycles. The van der Waals surface area contributed by atoms with Crippen molar-refractivity contribution in [1.29, 1.82) is 0 Å². The van der Waals surface area contributed by atoms with Crippen molar-refractivity contribution in [2.45, 2.75) is 20.8 Å². The summed E-state index contributed by atoms with van der Waals surface area (Å²) in [7, 11) is 2.03. The van der Waals surface area contributed by atoms with Gasteiger partial charge in [0.05, 0.1) is 0 Å². The Labute approximate surface area is 111 Å². The minimum absolute atomic E-state index is 0.303. The number of halogens is 1. The van der Waals surface area contributed by atoms with Crippen LogP contribution in [-0.4, -0.2) is 19.9 Å². The molecule has 2 nitrogen and oxygen atoms in total. The summed E-state index contributed by atoms with van der Waals surface area (Å²) >= 11 is 2.33. The molecule has 0 fully saturated rings. The van der Waals surface area contributed by atoms with E-state index in [2.05, 4.69) is 52.6 Å². The zero-order valence-corrected chi connectivity index (χ0v) is 12.4. The Bertz CT molecular complexity index is 388. The Kier molecular flexibility index (Phi) is 4.35. The molecule has 0 spiro atoms. The smallest absolute Gasteiger partial charge is 0.127 e. The van der Waals surface area contributed by atoms with E-state index in [9.17, 15) is 4.79 Å². The monoisotopic (exact) mass is 331 g/mol. The van der Waals surface area contributed by atoms with Gasteiger partial charge in [-0.25, -0.2) is 0 Å². The maximum absolute atomic E-state index is 10.9. The van der Waals surface area contributed by atoms with Gasteiger partial charge in [-0.2, -0.15) is 0 Å². The molecule has 1 aromatic carbocycles. The first kappa shape index (κ1) is 13.5. The second-order valence-corrected chi connectivity index (χ2v) is 6.08. The van der Waals surface area contributed by atoms with Crippen LogP contribution in [0.3, 0.4) is 0 Å². The number of nitrogens with zero attached hydrogens (tertiary/aromatic N) is 1. The van der Waals surface area contributed by atoms with Gasteiger partial charge in [0.15, 0.2) is 0 Å². The minimum atomic E-state index is -0.303. The SMILES string of the molecule is Cc1ccc(N(C)CC(C)(C)C=O)c(I)c1. The van der Waals surface area contributed by atoms with Crippen LogP contribution in [0.5, 0.6) is 0 Å². The van der Waals surface area contributed by atoms with Crippen LogP contribution in [-0.2, 0) is 4.79 Å². The fraction of sp³-hybridized carbons (Fsp3) is 0.462. The average molecular weight is 331 g/mol. The predicted molar refractivity (Wildman–Crippen MR) is 77.0 cm³/mol. The largest absolute Gasteiger partial charge is 0.373 e. The maximum atomic E-state index is 10.9. The number of carbonyl (C=O) groups is 1. The van der Waals surface area contributed by atoms with E-state index in [0.717, 1.165) is 12.8 Å². The van der Waals surface area contributed by atoms with Crippen LogP contribution >= 0.6 is 22.6 Å². The Morgan fingerprint density at radius 2 is 2.06 bits per heavy atom. The zero-order valence-electron chi connectivity index (χ0n) is 10.2. The van der Waals surface area contributed by atoms with Crippen LogP contribution in [0.1, 0.15) is 19.4 Å². The van der Waals surface area contributed by atoms with Gasteiger partial charge in [0, 0.05) is 28.3 Å². The molecule has 3 heteroatoms. The quantitative estimate of drug-likeness (QED) is 0.623. The lowest BCUT2D eigenvalue weighted by Gasteiger charge is -2.28. The molecule has 0 unspecified atom stereocenters. The van der Waals surface area contributed by atoms with Gasteiger partial charge in [0.2, 0.25) is 0 Å². The molecule has 0 radical (unpaired) electrons. The molecule has 0 N–H and O–H groups in total. The fourth-order valence-corrected chi connectivity index (χ4v) is 2.74. The lowest BCUT2D eigenvalue weighted by Crippen LogP contribution is -2.32. The van der Waals surface area contributed by atoms with E-state index in [-0.39, 0.29) is 5.41 Å². The lowest BCUT2D eigenvalue weighted by molar-refractivity contribution is -0.114. The van der Waals surface area contributed by atoms with Gasteiger partial charge in [0.1, 0.15) is 6.29 Å². The molecule has 0 aliphatic rings. The van der Waals surface area contributed by atoms with E-state index in [1.54, 1.807) is 0 Å². The molecule has 16 heavy (non-hydrogen) atoms. The van der Waals surface area contributed by atoms with Crippen molar-refractivity contribution in [2.75, 3.05) is 18.5 Å². The van der Waals surface area contributed by atoms with Crippen molar-refractivity contribution >= 4 is 34.6 Å². The van der Waals surface area contributed by atoms with Gasteiger partial charge in [0.25, 0.3) is 0 Å². The van der Waals surface area contributed by atoms with Gasteiger partial charge in [-0.05, 0) is 47.2 Å². The van der Waals surface area contributed by atoms with E-state index < -0.39 is 0 Å². The van der Waals surface area contributed by atoms with Gasteiger partial charge in [-0.1, -0.05) is 19.9 Å². The number of benzene rings is 1. The van der Waals surface area contributed by atoms with Crippen molar-refractivity contribution in [2.24, 2.45) is 5.41 Å². The third kappa shape index (κ3) is 3.47. The summed E-state index contributed by atoms with van der Waals surface area (Å²) in [6.07, 6.45) is 1.02. The average Bonchev–Trinajstić information content (AvgIpc) is 2.16. The van der Waals surface area contributed by atoms with Crippen LogP contribution in [0.25, 0.3) is 0 Å². The first-order valence-electron chi connectivity index (χ1n) is 5.29. The summed E-state index contributed by atoms with van der Waals surface area (Å²) in [6, 6.07) is 6.36. The molecule has 0 aromatic heterocycles. The molecular weight excluding hydrogens is 313 g/mol. The molecule has 0 amide bonds. The Morgan fingerprint density at radius 1 is 1.44 bits per heavy atom. The number of hydrogen-bond acceptors (Lipinski definition) is 2. The number of carbonyl (C=O) groups excluding carboxylic acids is 1. The summed E-state index contributed by atoms with van der Waals surface area (Å²) in [5.41, 5.74) is 2.14. The number of aryl methyl sites for hydroxylation is 1. The highest BCUT2D eigenvalue weighted by molar-refractivity contribution is 14.1. The molecule has 0 aliphatic carbocycles. The van der Waals surface area contributed by atoms with Gasteiger partial charge >= 0.3 is 0 Å². The summed E-state index contributed by atoms with van der Waals surface area (Å²) in [5, 5.41) is 0. The standard InChI is InChI=1S/C13H18INO/c1-10-5-6-12(11(14)7-10)15(4)8-13(2,3)9-16/h5-7,9H,8H2,1-4H3. The first-order chi connectivity index (χ1) is 7.35. The third-order valence-corrected chi connectivity index (χ3v) is 3.34. The van der Waals surface area contributed by atoms with Crippen molar-refractivity contribution in [3.8, 4) is 0 Å². The molecule has 88 valence electrons. The van der Waals surface area contributed by atoms with Crippen molar-refractivity contribution in [1.82, 2.24) is 0 Å². The van der Waals surface area contributed by atoms with Crippen molar-refractivity contribution < 1.29 is 4.79 Å². The van der Waals surface area contributed by atoms with E-state index in [1.165, 1.54) is 14.8 Å². The van der Waals surface area contributed by atoms with Crippen LogP contribution in [0.4, 0.5) is 5.69 Å². The first-order valence-corrected chi connectivity index (χ1v) is 6.37. The molecular formula is C13H18INO. The minimum Gasteiger partial charge on any atom is -0.373 e. The normalized spacial score (nSPS) is 11.3. The van der Waals surface area contributed by atoms with Gasteiger partial charge in [-0.3, -0.25) is 0 Å². The molecule has 0 bridgehead atoms. The molecule has 0 atom stereocenters. The summed E-state index contributed by atoms with van der Waals surface area (Å²) in [5.74, 6) is 0. The predicted octanol–water partition coefficient (Wildman–Crippen LogP) is 3.26. The van der Waals surface area contributed by atoms with Crippen molar-refractivity contribution in [3.63, 3.8) is 0 Å². The highest BCUT2D eigenvalue weighted by Crippen LogP contribution is 2.25. The third-order valence-electron chi connectivity index (χ3n) is 2.48. The highest BCUT2D eigenvalue weighted by atomic mass is 127. The zero-order chi connectivity index (χ0) is 12.3. The molecule has 1 aromatic rings. The number of aldehydes is 1. The van der Waals surface area contributed by atoms with E-state index in [4.69, 9.17) is 0 Å². The maximum Gasteiger partial charge on any atom is 0.127 e. The Balaban J connectivity index is 2.88. The fourth-order valence-electron chi connectivity index (χ4n) is 1.66. The van der Waals surface area contributed by atoms with Crippen molar-refractivity contribution in [3.05, 3.63) is 27.3 Å². The lowest BCUT2D eigenvalue weighted by atomic mass is 9.95. The van der Waals surface area contributed by atoms with E-state index in [1.807, 2.05) is 20.9 Å². The van der Waals surface area contributed by atoms with Gasteiger partial charge in [-0.15, -0.1) is 0 Å². The van der Waals surface area contributed by atoms with Crippen LogP contribution in [0.2, 0.25) is 0 Å². The molecule has 0 saturated heterocycles.